The fourth-order valence-corrected chi connectivity index (χ4v) is 8.66. The molecule has 1 unspecified atom stereocenters. The molecule has 228 valence electrons. The Hall–Kier alpha value is -1.24. The Morgan fingerprint density at radius 3 is 1.79 bits per heavy atom. The summed E-state index contributed by atoms with van der Waals surface area (Å²) in [6, 6.07) is 0. The van der Waals surface area contributed by atoms with Gasteiger partial charge in [0.2, 0.25) is 0 Å². The van der Waals surface area contributed by atoms with E-state index in [4.69, 9.17) is 4.55 Å². The third kappa shape index (κ3) is 5.90. The first kappa shape index (κ1) is 32.3. The third-order valence-corrected chi connectivity index (χ3v) is 10.6. The highest BCUT2D eigenvalue weighted by Crippen LogP contribution is 2.59. The maximum atomic E-state index is 14.3. The standard InChI is InChI=1S/C21H29F7O9S2/c1-2-35-16(29)19(20(24,25)26,36-6-4-3-5-18(22,23)21(27,28)38(30,31)32)37-39(33,34)17-10-13-7-14(11-17)9-15(8-13)12-17/h13-15H,2-12H2,1H3,(H,30,31,32). The minimum absolute atomic E-state index is 0.0379. The van der Waals surface area contributed by atoms with E-state index in [1.54, 1.807) is 0 Å². The number of hydrogen-bond acceptors (Lipinski definition) is 8. The summed E-state index contributed by atoms with van der Waals surface area (Å²) in [6.45, 7) is -0.802. The van der Waals surface area contributed by atoms with E-state index >= 15 is 0 Å². The summed E-state index contributed by atoms with van der Waals surface area (Å²) < 4.78 is 165. The summed E-state index contributed by atoms with van der Waals surface area (Å²) in [5, 5.41) is -5.88. The molecule has 0 heterocycles. The van der Waals surface area contributed by atoms with Gasteiger partial charge in [0.1, 0.15) is 0 Å². The zero-order valence-electron chi connectivity index (χ0n) is 20.7. The van der Waals surface area contributed by atoms with Crippen molar-refractivity contribution in [3.05, 3.63) is 0 Å². The van der Waals surface area contributed by atoms with Gasteiger partial charge in [-0.05, 0) is 76.0 Å². The van der Waals surface area contributed by atoms with E-state index in [0.717, 1.165) is 26.2 Å². The van der Waals surface area contributed by atoms with Gasteiger partial charge in [0.25, 0.3) is 10.1 Å². The molecule has 9 nitrogen and oxygen atoms in total. The van der Waals surface area contributed by atoms with Crippen LogP contribution in [0.15, 0.2) is 0 Å². The number of esters is 1. The molecule has 0 aliphatic heterocycles. The van der Waals surface area contributed by atoms with E-state index < -0.39 is 86.6 Å². The number of unbranched alkanes of at least 4 members (excludes halogenated alkanes) is 1. The second-order valence-electron chi connectivity index (χ2n) is 10.5. The fourth-order valence-electron chi connectivity index (χ4n) is 6.17. The normalized spacial score (nSPS) is 29.3. The third-order valence-electron chi connectivity index (χ3n) is 7.60. The summed E-state index contributed by atoms with van der Waals surface area (Å²) in [6.07, 6.45) is -7.41. The number of carbonyl (C=O) groups is 1. The van der Waals surface area contributed by atoms with Gasteiger partial charge in [-0.25, -0.2) is 8.98 Å². The van der Waals surface area contributed by atoms with E-state index in [2.05, 4.69) is 13.7 Å². The first-order valence-electron chi connectivity index (χ1n) is 12.2. The molecule has 39 heavy (non-hydrogen) atoms. The van der Waals surface area contributed by atoms with Crippen molar-refractivity contribution in [3.63, 3.8) is 0 Å². The van der Waals surface area contributed by atoms with Gasteiger partial charge in [0.05, 0.1) is 18.0 Å². The molecule has 4 fully saturated rings. The molecular weight excluding hydrogens is 593 g/mol. The van der Waals surface area contributed by atoms with E-state index in [1.807, 2.05) is 0 Å². The highest BCUT2D eigenvalue weighted by Gasteiger charge is 2.71. The van der Waals surface area contributed by atoms with Crippen LogP contribution >= 0.6 is 0 Å². The highest BCUT2D eigenvalue weighted by atomic mass is 32.2. The average molecular weight is 623 g/mol. The number of hydrogen-bond donors (Lipinski definition) is 1. The average Bonchev–Trinajstić information content (AvgIpc) is 2.75. The molecule has 4 aliphatic rings. The van der Waals surface area contributed by atoms with E-state index in [-0.39, 0.29) is 37.0 Å². The van der Waals surface area contributed by atoms with Gasteiger partial charge in [0.15, 0.2) is 0 Å². The van der Waals surface area contributed by atoms with Crippen molar-refractivity contribution < 1.29 is 70.6 Å². The Kier molecular flexibility index (Phi) is 8.73. The van der Waals surface area contributed by atoms with Crippen LogP contribution in [0.4, 0.5) is 30.7 Å². The Morgan fingerprint density at radius 2 is 1.38 bits per heavy atom. The van der Waals surface area contributed by atoms with Crippen LogP contribution in [0, 0.1) is 17.8 Å². The number of ether oxygens (including phenoxy) is 2. The number of rotatable bonds is 13. The molecule has 4 rings (SSSR count). The molecule has 4 aliphatic carbocycles. The molecule has 0 saturated heterocycles. The molecule has 0 aromatic rings. The first-order chi connectivity index (χ1) is 17.6. The van der Waals surface area contributed by atoms with Gasteiger partial charge in [-0.2, -0.15) is 47.6 Å². The zero-order valence-corrected chi connectivity index (χ0v) is 22.3. The van der Waals surface area contributed by atoms with Crippen LogP contribution in [0.25, 0.3) is 0 Å². The lowest BCUT2D eigenvalue weighted by molar-refractivity contribution is -0.341. The van der Waals surface area contributed by atoms with Gasteiger partial charge in [-0.3, -0.25) is 4.55 Å². The lowest BCUT2D eigenvalue weighted by atomic mass is 9.56. The van der Waals surface area contributed by atoms with Crippen molar-refractivity contribution in [3.8, 4) is 0 Å². The Balaban J connectivity index is 1.80. The van der Waals surface area contributed by atoms with Crippen molar-refractivity contribution >= 4 is 26.2 Å². The maximum Gasteiger partial charge on any atom is 0.456 e. The van der Waals surface area contributed by atoms with E-state index in [0.29, 0.717) is 0 Å². The second-order valence-corrected chi connectivity index (χ2v) is 13.9. The van der Waals surface area contributed by atoms with Crippen molar-refractivity contribution in [2.24, 2.45) is 17.8 Å². The molecule has 18 heteroatoms. The van der Waals surface area contributed by atoms with Crippen molar-refractivity contribution in [2.45, 2.75) is 92.6 Å². The number of alkyl halides is 7. The summed E-state index contributed by atoms with van der Waals surface area (Å²) in [7, 11) is -11.7. The number of carbonyl (C=O) groups excluding carboxylic acids is 1. The highest BCUT2D eigenvalue weighted by molar-refractivity contribution is 7.88. The Labute approximate surface area is 220 Å². The molecule has 1 atom stereocenters. The minimum atomic E-state index is -6.51. The fraction of sp³-hybridized carbons (Fsp3) is 0.952. The monoisotopic (exact) mass is 622 g/mol. The van der Waals surface area contributed by atoms with Crippen LogP contribution in [0.5, 0.6) is 0 Å². The summed E-state index contributed by atoms with van der Waals surface area (Å²) in [5.74, 6) is -12.2. The quantitative estimate of drug-likeness (QED) is 0.0791. The molecule has 0 spiro atoms. The van der Waals surface area contributed by atoms with E-state index in [1.165, 1.54) is 0 Å². The Bertz CT molecular complexity index is 1100. The smallest absolute Gasteiger partial charge is 0.456 e. The summed E-state index contributed by atoms with van der Waals surface area (Å²) in [4.78, 5) is 12.5. The van der Waals surface area contributed by atoms with Crippen LogP contribution in [0.1, 0.15) is 64.7 Å². The van der Waals surface area contributed by atoms with Gasteiger partial charge >= 0.3 is 39.2 Å². The van der Waals surface area contributed by atoms with Gasteiger partial charge < -0.3 is 9.47 Å². The van der Waals surface area contributed by atoms with Crippen LogP contribution in [0.3, 0.4) is 0 Å². The maximum absolute atomic E-state index is 14.3. The predicted octanol–water partition coefficient (Wildman–Crippen LogP) is 4.43. The molecule has 1 N–H and O–H groups in total. The van der Waals surface area contributed by atoms with Crippen molar-refractivity contribution in [2.75, 3.05) is 13.2 Å². The van der Waals surface area contributed by atoms with Crippen LogP contribution in [0.2, 0.25) is 0 Å². The number of halogens is 7. The molecule has 4 bridgehead atoms. The molecule has 0 aromatic carbocycles. The minimum Gasteiger partial charge on any atom is -0.462 e. The zero-order chi connectivity index (χ0) is 29.7. The van der Waals surface area contributed by atoms with Gasteiger partial charge in [0, 0.05) is 6.42 Å². The molecule has 4 saturated carbocycles. The molecule has 0 radical (unpaired) electrons. The van der Waals surface area contributed by atoms with Crippen molar-refractivity contribution in [1.82, 2.24) is 0 Å². The first-order valence-corrected chi connectivity index (χ1v) is 15.0. The van der Waals surface area contributed by atoms with Gasteiger partial charge in [-0.1, -0.05) is 0 Å². The second kappa shape index (κ2) is 10.5. The van der Waals surface area contributed by atoms with Crippen LogP contribution < -0.4 is 0 Å². The Morgan fingerprint density at radius 1 is 0.897 bits per heavy atom. The lowest BCUT2D eigenvalue weighted by Crippen LogP contribution is -2.62. The molecular formula is C21H29F7O9S2. The van der Waals surface area contributed by atoms with E-state index in [9.17, 15) is 52.4 Å². The van der Waals surface area contributed by atoms with Crippen LogP contribution in [-0.2, 0) is 38.7 Å². The van der Waals surface area contributed by atoms with Crippen molar-refractivity contribution in [1.29, 1.82) is 0 Å². The topological polar surface area (TPSA) is 133 Å². The molecule has 0 amide bonds. The SMILES string of the molecule is CCOC(=O)C(OCCCCC(F)(F)C(F)(F)S(=O)(=O)O)(OS(=O)(=O)C12CC3CC(CC(C3)C1)C2)C(F)(F)F. The lowest BCUT2D eigenvalue weighted by Gasteiger charge is -2.55. The summed E-state index contributed by atoms with van der Waals surface area (Å²) >= 11 is 0. The predicted molar refractivity (Wildman–Crippen MR) is 118 cm³/mol. The largest absolute Gasteiger partial charge is 0.462 e. The van der Waals surface area contributed by atoms with Crippen LogP contribution in [-0.4, -0.2) is 68.5 Å². The summed E-state index contributed by atoms with van der Waals surface area (Å²) in [5.41, 5.74) is 0. The molecule has 0 aromatic heterocycles. The van der Waals surface area contributed by atoms with Gasteiger partial charge in [-0.15, -0.1) is 0 Å².